The minimum Gasteiger partial charge on any atom is -0.0882 e. The standard InChI is InChI=1S/C9H14Cl2/c1-3-4-5-6-7-9(11)8(2)10/h5-6H,3-4,7H2,1-2H3/b6-5-,9-8-. The van der Waals surface area contributed by atoms with Gasteiger partial charge in [0.05, 0.1) is 0 Å². The molecule has 0 bridgehead atoms. The summed E-state index contributed by atoms with van der Waals surface area (Å²) in [4.78, 5) is 0. The van der Waals surface area contributed by atoms with Crippen molar-refractivity contribution in [1.29, 1.82) is 0 Å². The molecule has 0 nitrogen and oxygen atoms in total. The molecule has 0 amide bonds. The second kappa shape index (κ2) is 6.75. The summed E-state index contributed by atoms with van der Waals surface area (Å²) in [6.45, 7) is 3.95. The Balaban J connectivity index is 3.62. The van der Waals surface area contributed by atoms with Gasteiger partial charge in [-0.2, -0.15) is 0 Å². The molecule has 0 atom stereocenters. The molecule has 0 saturated carbocycles. The van der Waals surface area contributed by atoms with Gasteiger partial charge in [-0.15, -0.1) is 0 Å². The van der Waals surface area contributed by atoms with E-state index in [1.807, 2.05) is 0 Å². The van der Waals surface area contributed by atoms with E-state index in [1.165, 1.54) is 6.42 Å². The number of hydrogen-bond acceptors (Lipinski definition) is 0. The summed E-state index contributed by atoms with van der Waals surface area (Å²) >= 11 is 11.4. The molecule has 0 rings (SSSR count). The maximum Gasteiger partial charge on any atom is 0.0360 e. The van der Waals surface area contributed by atoms with Crippen LogP contribution in [-0.4, -0.2) is 0 Å². The van der Waals surface area contributed by atoms with Crippen molar-refractivity contribution < 1.29 is 0 Å². The third-order valence-corrected chi connectivity index (χ3v) is 2.06. The summed E-state index contributed by atoms with van der Waals surface area (Å²) < 4.78 is 0. The molecule has 64 valence electrons. The quantitative estimate of drug-likeness (QED) is 0.579. The van der Waals surface area contributed by atoms with Gasteiger partial charge in [0, 0.05) is 16.5 Å². The fraction of sp³-hybridized carbons (Fsp3) is 0.556. The SMILES string of the molecule is CCC/C=C\C/C(Cl)=C(\C)Cl. The van der Waals surface area contributed by atoms with Gasteiger partial charge in [0.2, 0.25) is 0 Å². The number of hydrogen-bond donors (Lipinski definition) is 0. The van der Waals surface area contributed by atoms with Crippen LogP contribution in [0.2, 0.25) is 0 Å². The summed E-state index contributed by atoms with van der Waals surface area (Å²) in [6, 6.07) is 0. The lowest BCUT2D eigenvalue weighted by atomic mass is 10.3. The van der Waals surface area contributed by atoms with Crippen LogP contribution >= 0.6 is 23.2 Å². The lowest BCUT2D eigenvalue weighted by Crippen LogP contribution is -1.71. The van der Waals surface area contributed by atoms with E-state index in [0.29, 0.717) is 5.03 Å². The lowest BCUT2D eigenvalue weighted by Gasteiger charge is -1.92. The van der Waals surface area contributed by atoms with Crippen molar-refractivity contribution in [3.63, 3.8) is 0 Å². The first-order chi connectivity index (χ1) is 5.18. The van der Waals surface area contributed by atoms with Gasteiger partial charge in [0.1, 0.15) is 0 Å². The predicted octanol–water partition coefficient (Wildman–Crippen LogP) is 4.44. The van der Waals surface area contributed by atoms with Crippen molar-refractivity contribution in [2.75, 3.05) is 0 Å². The Morgan fingerprint density at radius 2 is 1.91 bits per heavy atom. The number of halogens is 2. The molecule has 11 heavy (non-hydrogen) atoms. The Labute approximate surface area is 78.9 Å². The van der Waals surface area contributed by atoms with Gasteiger partial charge in [0.15, 0.2) is 0 Å². The Morgan fingerprint density at radius 1 is 1.27 bits per heavy atom. The van der Waals surface area contributed by atoms with Crippen molar-refractivity contribution in [1.82, 2.24) is 0 Å². The second-order valence-electron chi connectivity index (χ2n) is 2.40. The zero-order valence-electron chi connectivity index (χ0n) is 7.03. The van der Waals surface area contributed by atoms with E-state index in [4.69, 9.17) is 23.2 Å². The van der Waals surface area contributed by atoms with Gasteiger partial charge in [-0.3, -0.25) is 0 Å². The van der Waals surface area contributed by atoms with E-state index in [2.05, 4.69) is 19.1 Å². The summed E-state index contributed by atoms with van der Waals surface area (Å²) in [5.41, 5.74) is 0. The third kappa shape index (κ3) is 6.46. The molecule has 0 aromatic heterocycles. The number of allylic oxidation sites excluding steroid dienone is 4. The largest absolute Gasteiger partial charge is 0.0882 e. The van der Waals surface area contributed by atoms with Crippen LogP contribution in [0, 0.1) is 0 Å². The molecule has 0 N–H and O–H groups in total. The van der Waals surface area contributed by atoms with Crippen molar-refractivity contribution in [2.45, 2.75) is 33.1 Å². The molecule has 0 aliphatic rings. The van der Waals surface area contributed by atoms with E-state index < -0.39 is 0 Å². The molecule has 0 fully saturated rings. The van der Waals surface area contributed by atoms with E-state index in [0.717, 1.165) is 17.9 Å². The first-order valence-electron chi connectivity index (χ1n) is 3.84. The minimum atomic E-state index is 0.688. The van der Waals surface area contributed by atoms with Crippen LogP contribution in [0.1, 0.15) is 33.1 Å². The fourth-order valence-corrected chi connectivity index (χ4v) is 0.778. The zero-order chi connectivity index (χ0) is 8.69. The predicted molar refractivity (Wildman–Crippen MR) is 53.1 cm³/mol. The molecular weight excluding hydrogens is 179 g/mol. The van der Waals surface area contributed by atoms with Crippen LogP contribution in [0.5, 0.6) is 0 Å². The Hall–Kier alpha value is 0.0600. The molecule has 2 heteroatoms. The highest BCUT2D eigenvalue weighted by molar-refractivity contribution is 6.38. The molecule has 0 unspecified atom stereocenters. The highest BCUT2D eigenvalue weighted by Gasteiger charge is 1.91. The summed E-state index contributed by atoms with van der Waals surface area (Å²) in [5, 5.41) is 1.42. The van der Waals surface area contributed by atoms with Crippen LogP contribution < -0.4 is 0 Å². The summed E-state index contributed by atoms with van der Waals surface area (Å²) in [6.07, 6.45) is 7.24. The van der Waals surface area contributed by atoms with Crippen molar-refractivity contribution in [2.24, 2.45) is 0 Å². The topological polar surface area (TPSA) is 0 Å². The molecular formula is C9H14Cl2. The molecule has 0 radical (unpaired) electrons. The van der Waals surface area contributed by atoms with Crippen LogP contribution in [0.3, 0.4) is 0 Å². The first kappa shape index (κ1) is 11.1. The first-order valence-corrected chi connectivity index (χ1v) is 4.59. The number of rotatable bonds is 4. The number of unbranched alkanes of at least 4 members (excludes halogenated alkanes) is 1. The molecule has 0 spiro atoms. The average Bonchev–Trinajstić information content (AvgIpc) is 1.97. The van der Waals surface area contributed by atoms with E-state index in [-0.39, 0.29) is 0 Å². The van der Waals surface area contributed by atoms with Gasteiger partial charge in [-0.05, 0) is 13.3 Å². The van der Waals surface area contributed by atoms with E-state index >= 15 is 0 Å². The molecule has 0 heterocycles. The maximum absolute atomic E-state index is 5.79. The smallest absolute Gasteiger partial charge is 0.0360 e. The minimum absolute atomic E-state index is 0.688. The Kier molecular flexibility index (Phi) is 6.79. The Morgan fingerprint density at radius 3 is 2.36 bits per heavy atom. The zero-order valence-corrected chi connectivity index (χ0v) is 8.54. The normalized spacial score (nSPS) is 13.8. The van der Waals surface area contributed by atoms with Gasteiger partial charge in [-0.1, -0.05) is 48.7 Å². The fourth-order valence-electron chi connectivity index (χ4n) is 0.612. The lowest BCUT2D eigenvalue weighted by molar-refractivity contribution is 0.954. The molecule has 0 aliphatic heterocycles. The molecule has 0 aromatic rings. The van der Waals surface area contributed by atoms with Crippen LogP contribution in [-0.2, 0) is 0 Å². The van der Waals surface area contributed by atoms with Gasteiger partial charge < -0.3 is 0 Å². The molecule has 0 aliphatic carbocycles. The van der Waals surface area contributed by atoms with Gasteiger partial charge in [0.25, 0.3) is 0 Å². The van der Waals surface area contributed by atoms with E-state index in [1.54, 1.807) is 6.92 Å². The van der Waals surface area contributed by atoms with Crippen LogP contribution in [0.15, 0.2) is 22.2 Å². The average molecular weight is 193 g/mol. The highest BCUT2D eigenvalue weighted by atomic mass is 35.5. The molecule has 0 saturated heterocycles. The maximum atomic E-state index is 5.79. The summed E-state index contributed by atoms with van der Waals surface area (Å²) in [5.74, 6) is 0. The van der Waals surface area contributed by atoms with Gasteiger partial charge in [-0.25, -0.2) is 0 Å². The third-order valence-electron chi connectivity index (χ3n) is 1.29. The second-order valence-corrected chi connectivity index (χ2v) is 3.43. The Bertz CT molecular complexity index is 153. The van der Waals surface area contributed by atoms with Crippen molar-refractivity contribution >= 4 is 23.2 Å². The monoisotopic (exact) mass is 192 g/mol. The van der Waals surface area contributed by atoms with E-state index in [9.17, 15) is 0 Å². The highest BCUT2D eigenvalue weighted by Crippen LogP contribution is 2.16. The van der Waals surface area contributed by atoms with Crippen LogP contribution in [0.4, 0.5) is 0 Å². The van der Waals surface area contributed by atoms with Crippen molar-refractivity contribution in [3.05, 3.63) is 22.2 Å². The van der Waals surface area contributed by atoms with Gasteiger partial charge >= 0.3 is 0 Å². The van der Waals surface area contributed by atoms with Crippen LogP contribution in [0.25, 0.3) is 0 Å². The van der Waals surface area contributed by atoms with Crippen molar-refractivity contribution in [3.8, 4) is 0 Å². The summed E-state index contributed by atoms with van der Waals surface area (Å²) in [7, 11) is 0. The molecule has 0 aromatic carbocycles.